The third-order valence-corrected chi connectivity index (χ3v) is 12.1. The number of fused-ring (bicyclic) bond motifs is 3. The fourth-order valence-corrected chi connectivity index (χ4v) is 8.22. The second-order valence-corrected chi connectivity index (χ2v) is 18.8. The summed E-state index contributed by atoms with van der Waals surface area (Å²) in [4.78, 5) is 94.8. The smallest absolute Gasteiger partial charge is 0.412 e. The largest absolute Gasteiger partial charge is 0.478 e. The summed E-state index contributed by atoms with van der Waals surface area (Å²) >= 11 is 0. The van der Waals surface area contributed by atoms with E-state index in [1.807, 2.05) is 48.5 Å². The van der Waals surface area contributed by atoms with Gasteiger partial charge >= 0.3 is 36.2 Å². The molecule has 1 saturated heterocycles. The van der Waals surface area contributed by atoms with E-state index in [0.29, 0.717) is 5.56 Å². The lowest BCUT2D eigenvalue weighted by Crippen LogP contribution is -2.57. The van der Waals surface area contributed by atoms with Gasteiger partial charge in [0.1, 0.15) is 47.2 Å². The Balaban J connectivity index is 0.00000305. The van der Waals surface area contributed by atoms with Gasteiger partial charge < -0.3 is 48.5 Å². The van der Waals surface area contributed by atoms with E-state index in [0.717, 1.165) is 38.3 Å². The molecule has 0 bridgehead atoms. The summed E-state index contributed by atoms with van der Waals surface area (Å²) in [7, 11) is -2.16. The summed E-state index contributed by atoms with van der Waals surface area (Å²) in [5.74, 6) is -4.26. The average molecular weight is 1000 g/mol. The van der Waals surface area contributed by atoms with Crippen molar-refractivity contribution in [3.05, 3.63) is 113 Å². The molecule has 4 aromatic rings. The maximum Gasteiger partial charge on any atom is 0.412 e. The second kappa shape index (κ2) is 24.7. The molecular formula is C49H53N3O18S. The number of likely N-dealkylation sites (N-methyl/N-ethyl adjacent to an activating group) is 1. The number of anilines is 1. The number of nitrogens with one attached hydrogen (secondary N) is 1. The van der Waals surface area contributed by atoms with Crippen LogP contribution in [-0.2, 0) is 64.1 Å². The number of benzene rings is 4. The van der Waals surface area contributed by atoms with Crippen molar-refractivity contribution in [2.75, 3.05) is 50.8 Å². The molecule has 4 aromatic carbocycles. The Morgan fingerprint density at radius 3 is 2.03 bits per heavy atom. The molecule has 1 aliphatic carbocycles. The van der Waals surface area contributed by atoms with Crippen LogP contribution < -0.4 is 14.8 Å². The summed E-state index contributed by atoms with van der Waals surface area (Å²) in [5, 5.41) is 12.1. The minimum Gasteiger partial charge on any atom is -0.478 e. The Labute approximate surface area is 408 Å². The third-order valence-electron chi connectivity index (χ3n) is 11.2. The molecule has 22 heteroatoms. The number of carboxylic acids is 1. The lowest BCUT2D eigenvalue weighted by atomic mass is 9.91. The number of carbonyl (C=O) groups excluding carboxylic acids is 7. The highest BCUT2D eigenvalue weighted by Crippen LogP contribution is 2.44. The number of ether oxygens (including phenoxy) is 7. The molecule has 0 aromatic heterocycles. The molecule has 2 N–H and O–H groups in total. The molecule has 0 saturated carbocycles. The van der Waals surface area contributed by atoms with Crippen molar-refractivity contribution < 1.29 is 85.0 Å². The molecule has 3 amide bonds. The van der Waals surface area contributed by atoms with Crippen LogP contribution in [0.5, 0.6) is 11.5 Å². The second-order valence-electron chi connectivity index (χ2n) is 16.5. The quantitative estimate of drug-likeness (QED) is 0.0730. The molecule has 71 heavy (non-hydrogen) atoms. The van der Waals surface area contributed by atoms with Gasteiger partial charge in [-0.15, -0.1) is 0 Å². The highest BCUT2D eigenvalue weighted by atomic mass is 32.2. The Hall–Kier alpha value is -7.81. The van der Waals surface area contributed by atoms with Crippen LogP contribution in [0.1, 0.15) is 60.7 Å². The maximum absolute atomic E-state index is 13.7. The predicted molar refractivity (Wildman–Crippen MR) is 249 cm³/mol. The number of esters is 2. The molecular weight excluding hydrogens is 951 g/mol. The van der Waals surface area contributed by atoms with Gasteiger partial charge in [-0.05, 0) is 65.1 Å². The molecule has 6 rings (SSSR count). The van der Waals surface area contributed by atoms with Crippen LogP contribution in [0.15, 0.2) is 91.0 Å². The lowest BCUT2D eigenvalue weighted by molar-refractivity contribution is -0.263. The van der Waals surface area contributed by atoms with E-state index in [4.69, 9.17) is 42.7 Å². The zero-order chi connectivity index (χ0) is 52.0. The first-order chi connectivity index (χ1) is 33.7. The third kappa shape index (κ3) is 15.1. The SMILES string of the molecule is CC(=O)O[C@H]1[C@H](Oc2ccc(COC(=O)N(CCS(C)(=O)=O)COc3cccc(C(=O)O)c3)cc2NC(=O)CN(C)C(=O)OCC2c3ccccc3-c3ccccc32)O[C@H](C)[C@@H](C)[C@@H]1OC(C)=O.O=C=O. The zero-order valence-corrected chi connectivity index (χ0v) is 40.4. The van der Waals surface area contributed by atoms with Gasteiger partial charge in [-0.3, -0.25) is 19.3 Å². The fraction of sp³-hybridized carbons (Fsp3) is 0.367. The van der Waals surface area contributed by atoms with Crippen molar-refractivity contribution in [3.63, 3.8) is 0 Å². The number of carboxylic acid groups (broad SMARTS) is 1. The number of carbonyl (C=O) groups is 6. The van der Waals surface area contributed by atoms with Gasteiger partial charge in [0.05, 0.1) is 23.1 Å². The first-order valence-electron chi connectivity index (χ1n) is 21.9. The van der Waals surface area contributed by atoms with Gasteiger partial charge in [-0.1, -0.05) is 67.6 Å². The normalized spacial score (nSPS) is 17.8. The number of sulfone groups is 1. The zero-order valence-electron chi connectivity index (χ0n) is 39.6. The van der Waals surface area contributed by atoms with Crippen LogP contribution in [0.2, 0.25) is 0 Å². The molecule has 1 heterocycles. The predicted octanol–water partition coefficient (Wildman–Crippen LogP) is 5.26. The van der Waals surface area contributed by atoms with Crippen molar-refractivity contribution in [2.24, 2.45) is 5.92 Å². The summed E-state index contributed by atoms with van der Waals surface area (Å²) in [6.45, 7) is 4.13. The molecule has 0 radical (unpaired) electrons. The summed E-state index contributed by atoms with van der Waals surface area (Å²) in [5.41, 5.74) is 4.35. The van der Waals surface area contributed by atoms with E-state index >= 15 is 0 Å². The maximum atomic E-state index is 13.7. The molecule has 378 valence electrons. The van der Waals surface area contributed by atoms with E-state index < -0.39 is 102 Å². The van der Waals surface area contributed by atoms with Crippen LogP contribution in [0.25, 0.3) is 11.1 Å². The van der Waals surface area contributed by atoms with E-state index in [1.54, 1.807) is 13.8 Å². The average Bonchev–Trinajstić information content (AvgIpc) is 3.63. The minimum atomic E-state index is -3.56. The molecule has 0 unspecified atom stereocenters. The number of hydrogen-bond donors (Lipinski definition) is 2. The summed E-state index contributed by atoms with van der Waals surface area (Å²) < 4.78 is 64.6. The van der Waals surface area contributed by atoms with Crippen molar-refractivity contribution in [2.45, 2.75) is 64.8 Å². The van der Waals surface area contributed by atoms with Gasteiger partial charge in [-0.2, -0.15) is 9.59 Å². The minimum absolute atomic E-state index is 0.000510. The summed E-state index contributed by atoms with van der Waals surface area (Å²) in [6.07, 6.45) is -4.68. The van der Waals surface area contributed by atoms with Crippen LogP contribution in [0.3, 0.4) is 0 Å². The van der Waals surface area contributed by atoms with Crippen LogP contribution in [0.4, 0.5) is 15.3 Å². The topological polar surface area (TPSA) is 274 Å². The Morgan fingerprint density at radius 2 is 1.42 bits per heavy atom. The van der Waals surface area contributed by atoms with Crippen molar-refractivity contribution >= 4 is 57.7 Å². The number of rotatable bonds is 18. The molecule has 0 spiro atoms. The number of aromatic carboxylic acids is 1. The van der Waals surface area contributed by atoms with Crippen molar-refractivity contribution in [1.82, 2.24) is 9.80 Å². The first-order valence-corrected chi connectivity index (χ1v) is 24.0. The molecule has 1 fully saturated rings. The van der Waals surface area contributed by atoms with Crippen molar-refractivity contribution in [1.29, 1.82) is 0 Å². The summed E-state index contributed by atoms with van der Waals surface area (Å²) in [6, 6.07) is 25.6. The van der Waals surface area contributed by atoms with Crippen LogP contribution in [-0.4, -0.2) is 136 Å². The van der Waals surface area contributed by atoms with Gasteiger partial charge in [0.2, 0.25) is 18.3 Å². The molecule has 21 nitrogen and oxygen atoms in total. The van der Waals surface area contributed by atoms with Gasteiger partial charge in [0.25, 0.3) is 0 Å². The number of amides is 3. The van der Waals surface area contributed by atoms with Crippen LogP contribution >= 0.6 is 0 Å². The van der Waals surface area contributed by atoms with Crippen LogP contribution in [0, 0.1) is 5.92 Å². The monoisotopic (exact) mass is 1000 g/mol. The van der Waals surface area contributed by atoms with Gasteiger partial charge in [0, 0.05) is 45.5 Å². The first kappa shape index (κ1) is 54.1. The highest BCUT2D eigenvalue weighted by Gasteiger charge is 2.48. The highest BCUT2D eigenvalue weighted by molar-refractivity contribution is 7.90. The Morgan fingerprint density at radius 1 is 0.803 bits per heavy atom. The standard InChI is InChI=1S/C48H53N3O16S.CO2/c1-28-29(2)64-46(44(66-31(4)53)43(28)65-30(3)52)67-41-19-18-32(25-61-48(58)51(20-21-68(6,59)60)27-63-34-13-11-12-33(23-34)45(55)56)22-40(41)49-42(54)24-50(5)47(57)62-26-39-37-16-9-7-14-35(37)36-15-8-10-17-38(36)39;2-1-3/h7-19,22-23,28-29,39,43-44,46H,20-21,24-27H2,1-6H3,(H,49,54)(H,55,56);/t28-,29-,43+,44-,46+;/m1./s1. The van der Waals surface area contributed by atoms with E-state index in [9.17, 15) is 42.3 Å². The van der Waals surface area contributed by atoms with Gasteiger partial charge in [-0.25, -0.2) is 22.8 Å². The number of hydrogen-bond acceptors (Lipinski definition) is 17. The van der Waals surface area contributed by atoms with E-state index in [-0.39, 0.29) is 48.0 Å². The number of nitrogens with zero attached hydrogens (tertiary/aromatic N) is 2. The Kier molecular flexibility index (Phi) is 18.8. The fourth-order valence-electron chi connectivity index (χ4n) is 7.67. The molecule has 2 aliphatic rings. The molecule has 5 atom stereocenters. The van der Waals surface area contributed by atoms with Crippen molar-refractivity contribution in [3.8, 4) is 22.6 Å². The van der Waals surface area contributed by atoms with E-state index in [2.05, 4.69) is 5.32 Å². The van der Waals surface area contributed by atoms with Gasteiger partial charge in [0.15, 0.2) is 6.73 Å². The lowest BCUT2D eigenvalue weighted by Gasteiger charge is -2.43. The molecule has 1 aliphatic heterocycles. The van der Waals surface area contributed by atoms with E-state index in [1.165, 1.54) is 63.4 Å². The Bertz CT molecular complexity index is 2700.